The van der Waals surface area contributed by atoms with Gasteiger partial charge in [-0.15, -0.1) is 0 Å². The molecular formula is C26H19NO4. The molecule has 5 heteroatoms. The van der Waals surface area contributed by atoms with Crippen molar-refractivity contribution < 1.29 is 19.5 Å². The van der Waals surface area contributed by atoms with E-state index in [0.29, 0.717) is 5.69 Å². The van der Waals surface area contributed by atoms with E-state index in [4.69, 9.17) is 0 Å². The van der Waals surface area contributed by atoms with Gasteiger partial charge in [0.1, 0.15) is 0 Å². The highest BCUT2D eigenvalue weighted by Gasteiger charge is 2.68. The van der Waals surface area contributed by atoms with Crippen LogP contribution in [0.25, 0.3) is 0 Å². The molecule has 1 N–H and O–H groups in total. The maximum atomic E-state index is 13.9. The Morgan fingerprint density at radius 1 is 0.871 bits per heavy atom. The lowest BCUT2D eigenvalue weighted by atomic mass is 9.48. The highest BCUT2D eigenvalue weighted by atomic mass is 16.4. The van der Waals surface area contributed by atoms with E-state index >= 15 is 0 Å². The van der Waals surface area contributed by atoms with E-state index in [1.54, 1.807) is 12.1 Å². The van der Waals surface area contributed by atoms with Gasteiger partial charge in [-0.25, -0.2) is 9.69 Å². The zero-order valence-electron chi connectivity index (χ0n) is 16.8. The molecule has 2 atom stereocenters. The second-order valence-corrected chi connectivity index (χ2v) is 8.76. The predicted molar refractivity (Wildman–Crippen MR) is 114 cm³/mol. The standard InChI is InChI=1S/C26H19NO4/c1-26-21-18-11-4-2-9-16(18)20(17-10-3-5-12-19(17)21)22(26)23(28)27(25(26)31)15-8-6-7-14(13-15)24(29)30/h2-13,20-22H,1H3,(H,29,30)/t20?,21?,22-,26-/m1/s1. The first-order valence-corrected chi connectivity index (χ1v) is 10.3. The first-order valence-electron chi connectivity index (χ1n) is 10.3. The normalized spacial score (nSPS) is 27.6. The predicted octanol–water partition coefficient (Wildman–Crippen LogP) is 4.17. The quantitative estimate of drug-likeness (QED) is 0.645. The number of anilines is 1. The number of hydrogen-bond donors (Lipinski definition) is 1. The first kappa shape index (κ1) is 18.1. The molecule has 152 valence electrons. The molecule has 7 rings (SSSR count). The maximum Gasteiger partial charge on any atom is 0.335 e. The van der Waals surface area contributed by atoms with Crippen LogP contribution in [0.15, 0.2) is 72.8 Å². The molecule has 31 heavy (non-hydrogen) atoms. The summed E-state index contributed by atoms with van der Waals surface area (Å²) in [5, 5.41) is 9.38. The van der Waals surface area contributed by atoms with E-state index in [1.807, 2.05) is 31.2 Å². The van der Waals surface area contributed by atoms with Gasteiger partial charge >= 0.3 is 5.97 Å². The lowest BCUT2D eigenvalue weighted by Crippen LogP contribution is -2.49. The summed E-state index contributed by atoms with van der Waals surface area (Å²) in [5.74, 6) is -2.56. The van der Waals surface area contributed by atoms with Gasteiger partial charge in [0, 0.05) is 11.8 Å². The number of carbonyl (C=O) groups excluding carboxylic acids is 2. The molecule has 0 radical (unpaired) electrons. The zero-order valence-corrected chi connectivity index (χ0v) is 16.8. The topological polar surface area (TPSA) is 74.7 Å². The van der Waals surface area contributed by atoms with Gasteiger partial charge < -0.3 is 5.11 Å². The molecule has 1 aliphatic heterocycles. The number of carboxylic acids is 1. The number of nitrogens with zero attached hydrogens (tertiary/aromatic N) is 1. The van der Waals surface area contributed by atoms with Crippen molar-refractivity contribution in [2.75, 3.05) is 4.90 Å². The molecule has 1 saturated heterocycles. The van der Waals surface area contributed by atoms with E-state index in [-0.39, 0.29) is 29.2 Å². The summed E-state index contributed by atoms with van der Waals surface area (Å²) in [6, 6.07) is 22.2. The Morgan fingerprint density at radius 2 is 1.45 bits per heavy atom. The van der Waals surface area contributed by atoms with Crippen molar-refractivity contribution >= 4 is 23.5 Å². The molecule has 0 aromatic heterocycles. The summed E-state index contributed by atoms with van der Waals surface area (Å²) < 4.78 is 0. The highest BCUT2D eigenvalue weighted by molar-refractivity contribution is 6.25. The van der Waals surface area contributed by atoms with Crippen LogP contribution in [-0.4, -0.2) is 22.9 Å². The van der Waals surface area contributed by atoms with Crippen LogP contribution in [0.4, 0.5) is 5.69 Å². The SMILES string of the molecule is C[C@]12C(=O)N(c3cccc(C(=O)O)c3)C(=O)[C@H]1C1c3ccccc3C2c2ccccc21. The molecule has 4 aliphatic rings. The largest absolute Gasteiger partial charge is 0.478 e. The number of amides is 2. The van der Waals surface area contributed by atoms with Crippen LogP contribution in [0.5, 0.6) is 0 Å². The fourth-order valence-electron chi connectivity index (χ4n) is 6.14. The van der Waals surface area contributed by atoms with Crippen LogP contribution in [0.1, 0.15) is 51.4 Å². The average molecular weight is 409 g/mol. The van der Waals surface area contributed by atoms with E-state index in [2.05, 4.69) is 24.3 Å². The number of carbonyl (C=O) groups is 3. The molecule has 3 aromatic carbocycles. The van der Waals surface area contributed by atoms with Gasteiger partial charge in [0.05, 0.1) is 22.6 Å². The second kappa shape index (κ2) is 5.91. The van der Waals surface area contributed by atoms with E-state index in [9.17, 15) is 19.5 Å². The molecule has 0 unspecified atom stereocenters. The Kier molecular flexibility index (Phi) is 3.45. The first-order chi connectivity index (χ1) is 14.9. The molecular weight excluding hydrogens is 390 g/mol. The van der Waals surface area contributed by atoms with Gasteiger partial charge in [0.25, 0.3) is 0 Å². The van der Waals surface area contributed by atoms with Gasteiger partial charge in [-0.3, -0.25) is 9.59 Å². The number of hydrogen-bond acceptors (Lipinski definition) is 3. The van der Waals surface area contributed by atoms with E-state index in [1.165, 1.54) is 17.0 Å². The van der Waals surface area contributed by atoms with Crippen LogP contribution in [0.2, 0.25) is 0 Å². The van der Waals surface area contributed by atoms with Gasteiger partial charge in [0.15, 0.2) is 0 Å². The molecule has 3 aromatic rings. The summed E-state index contributed by atoms with van der Waals surface area (Å²) in [6.07, 6.45) is 0. The van der Waals surface area contributed by atoms with E-state index in [0.717, 1.165) is 22.3 Å². The summed E-state index contributed by atoms with van der Waals surface area (Å²) in [7, 11) is 0. The van der Waals surface area contributed by atoms with Crippen molar-refractivity contribution in [1.29, 1.82) is 0 Å². The minimum Gasteiger partial charge on any atom is -0.478 e. The smallest absolute Gasteiger partial charge is 0.335 e. The third kappa shape index (κ3) is 2.08. The zero-order chi connectivity index (χ0) is 21.5. The minimum absolute atomic E-state index is 0.0488. The highest BCUT2D eigenvalue weighted by Crippen LogP contribution is 2.67. The maximum absolute atomic E-state index is 13.9. The third-order valence-corrected chi connectivity index (χ3v) is 7.36. The Balaban J connectivity index is 1.59. The average Bonchev–Trinajstić information content (AvgIpc) is 2.99. The third-order valence-electron chi connectivity index (χ3n) is 7.36. The Labute approximate surface area is 178 Å². The van der Waals surface area contributed by atoms with Crippen LogP contribution >= 0.6 is 0 Å². The fraction of sp³-hybridized carbons (Fsp3) is 0.192. The monoisotopic (exact) mass is 409 g/mol. The van der Waals surface area contributed by atoms with Gasteiger partial charge in [-0.1, -0.05) is 54.6 Å². The summed E-state index contributed by atoms with van der Waals surface area (Å²) >= 11 is 0. The van der Waals surface area contributed by atoms with E-state index < -0.39 is 17.3 Å². The Morgan fingerprint density at radius 3 is 2.03 bits per heavy atom. The molecule has 0 saturated carbocycles. The fourth-order valence-corrected chi connectivity index (χ4v) is 6.14. The van der Waals surface area contributed by atoms with Crippen molar-refractivity contribution in [3.05, 3.63) is 101 Å². The van der Waals surface area contributed by atoms with Crippen molar-refractivity contribution in [1.82, 2.24) is 0 Å². The van der Waals surface area contributed by atoms with Crippen molar-refractivity contribution in [3.63, 3.8) is 0 Å². The summed E-state index contributed by atoms with van der Waals surface area (Å²) in [5.41, 5.74) is 3.86. The molecule has 5 nitrogen and oxygen atoms in total. The van der Waals surface area contributed by atoms with Crippen LogP contribution in [-0.2, 0) is 9.59 Å². The van der Waals surface area contributed by atoms with Crippen LogP contribution < -0.4 is 4.90 Å². The molecule has 1 fully saturated rings. The molecule has 1 heterocycles. The van der Waals surface area contributed by atoms with Crippen molar-refractivity contribution in [2.45, 2.75) is 18.8 Å². The number of benzene rings is 3. The minimum atomic E-state index is -1.09. The second-order valence-electron chi connectivity index (χ2n) is 8.76. The Hall–Kier alpha value is -3.73. The lowest BCUT2D eigenvalue weighted by Gasteiger charge is -2.51. The number of rotatable bonds is 2. The molecule has 2 amide bonds. The van der Waals surface area contributed by atoms with Crippen molar-refractivity contribution in [2.24, 2.45) is 11.3 Å². The van der Waals surface area contributed by atoms with Crippen LogP contribution in [0.3, 0.4) is 0 Å². The lowest BCUT2D eigenvalue weighted by molar-refractivity contribution is -0.128. The molecule has 0 spiro atoms. The van der Waals surface area contributed by atoms with Gasteiger partial charge in [-0.2, -0.15) is 0 Å². The van der Waals surface area contributed by atoms with Crippen molar-refractivity contribution in [3.8, 4) is 0 Å². The summed E-state index contributed by atoms with van der Waals surface area (Å²) in [4.78, 5) is 40.4. The van der Waals surface area contributed by atoms with Gasteiger partial charge in [0.2, 0.25) is 11.8 Å². The molecule has 3 aliphatic carbocycles. The number of imide groups is 1. The summed E-state index contributed by atoms with van der Waals surface area (Å²) in [6.45, 7) is 1.91. The number of aromatic carboxylic acids is 1. The van der Waals surface area contributed by atoms with Gasteiger partial charge in [-0.05, 0) is 47.4 Å². The Bertz CT molecular complexity index is 1260. The van der Waals surface area contributed by atoms with Crippen LogP contribution in [0, 0.1) is 11.3 Å². The number of carboxylic acid groups (broad SMARTS) is 1. The molecule has 2 bridgehead atoms.